The van der Waals surface area contributed by atoms with E-state index in [1.165, 1.54) is 0 Å². The lowest BCUT2D eigenvalue weighted by atomic mass is 10.0. The number of aromatic nitrogens is 1. The number of anilines is 1. The number of rotatable bonds is 3. The van der Waals surface area contributed by atoms with Crippen molar-refractivity contribution in [2.75, 3.05) is 18.0 Å². The van der Waals surface area contributed by atoms with E-state index in [-0.39, 0.29) is 6.10 Å². The fraction of sp³-hybridized carbons (Fsp3) is 0.615. The van der Waals surface area contributed by atoms with E-state index >= 15 is 0 Å². The van der Waals surface area contributed by atoms with Gasteiger partial charge >= 0.3 is 0 Å². The second kappa shape index (κ2) is 5.02. The van der Waals surface area contributed by atoms with Crippen molar-refractivity contribution in [1.82, 2.24) is 4.98 Å². The Morgan fingerprint density at radius 2 is 2.18 bits per heavy atom. The molecule has 2 N–H and O–H groups in total. The van der Waals surface area contributed by atoms with Gasteiger partial charge in [0.25, 0.3) is 0 Å². The number of pyridine rings is 1. The molecular formula is C13H20N2O2. The SMILES string of the molecule is CC(O)C1CCN(c2ncccc2[C@H](C)O)C1. The Kier molecular flexibility index (Phi) is 3.64. The van der Waals surface area contributed by atoms with Gasteiger partial charge in [-0.25, -0.2) is 4.98 Å². The predicted octanol–water partition coefficient (Wildman–Crippen LogP) is 1.34. The summed E-state index contributed by atoms with van der Waals surface area (Å²) in [5, 5.41) is 19.3. The van der Waals surface area contributed by atoms with Gasteiger partial charge in [-0.2, -0.15) is 0 Å². The number of aliphatic hydroxyl groups is 2. The van der Waals surface area contributed by atoms with E-state index in [2.05, 4.69) is 9.88 Å². The van der Waals surface area contributed by atoms with Crippen LogP contribution in [0.4, 0.5) is 5.82 Å². The average molecular weight is 236 g/mol. The molecule has 2 unspecified atom stereocenters. The number of hydrogen-bond donors (Lipinski definition) is 2. The van der Waals surface area contributed by atoms with Crippen molar-refractivity contribution >= 4 is 5.82 Å². The molecule has 2 heterocycles. The highest BCUT2D eigenvalue weighted by Gasteiger charge is 2.28. The van der Waals surface area contributed by atoms with Crippen LogP contribution in [0.3, 0.4) is 0 Å². The third kappa shape index (κ3) is 2.58. The maximum absolute atomic E-state index is 9.72. The van der Waals surface area contributed by atoms with Gasteiger partial charge in [0.1, 0.15) is 5.82 Å². The summed E-state index contributed by atoms with van der Waals surface area (Å²) in [5.74, 6) is 1.16. The van der Waals surface area contributed by atoms with Crippen molar-refractivity contribution in [3.63, 3.8) is 0 Å². The summed E-state index contributed by atoms with van der Waals surface area (Å²) >= 11 is 0. The van der Waals surface area contributed by atoms with Gasteiger partial charge in [0, 0.05) is 30.8 Å². The van der Waals surface area contributed by atoms with Crippen molar-refractivity contribution in [2.24, 2.45) is 5.92 Å². The highest BCUT2D eigenvalue weighted by Crippen LogP contribution is 2.29. The third-order valence-electron chi connectivity index (χ3n) is 3.47. The van der Waals surface area contributed by atoms with E-state index in [0.29, 0.717) is 5.92 Å². The van der Waals surface area contributed by atoms with Crippen LogP contribution in [-0.2, 0) is 0 Å². The Balaban J connectivity index is 2.18. The Bertz CT molecular complexity index is 379. The zero-order chi connectivity index (χ0) is 12.4. The molecule has 3 atom stereocenters. The van der Waals surface area contributed by atoms with Crippen molar-refractivity contribution in [3.8, 4) is 0 Å². The summed E-state index contributed by atoms with van der Waals surface area (Å²) < 4.78 is 0. The van der Waals surface area contributed by atoms with Gasteiger partial charge in [-0.1, -0.05) is 6.07 Å². The quantitative estimate of drug-likeness (QED) is 0.831. The molecule has 0 amide bonds. The third-order valence-corrected chi connectivity index (χ3v) is 3.47. The summed E-state index contributed by atoms with van der Waals surface area (Å²) in [7, 11) is 0. The Hall–Kier alpha value is -1.13. The van der Waals surface area contributed by atoms with Crippen LogP contribution in [0.1, 0.15) is 31.9 Å². The van der Waals surface area contributed by atoms with Gasteiger partial charge in [-0.15, -0.1) is 0 Å². The second-order valence-corrected chi connectivity index (χ2v) is 4.83. The summed E-state index contributed by atoms with van der Waals surface area (Å²) in [6.45, 7) is 5.30. The first-order valence-electron chi connectivity index (χ1n) is 6.15. The van der Waals surface area contributed by atoms with Crippen LogP contribution in [0.15, 0.2) is 18.3 Å². The van der Waals surface area contributed by atoms with Gasteiger partial charge in [-0.05, 0) is 26.3 Å². The maximum atomic E-state index is 9.72. The first kappa shape index (κ1) is 12.3. The van der Waals surface area contributed by atoms with Crippen LogP contribution in [0.5, 0.6) is 0 Å². The minimum absolute atomic E-state index is 0.279. The standard InChI is InChI=1S/C13H20N2O2/c1-9(16)11-5-7-15(8-11)13-12(10(2)17)4-3-6-14-13/h3-4,6,9-11,16-17H,5,7-8H2,1-2H3/t9?,10-,11?/m0/s1. The number of nitrogens with zero attached hydrogens (tertiary/aromatic N) is 2. The van der Waals surface area contributed by atoms with Gasteiger partial charge < -0.3 is 15.1 Å². The Morgan fingerprint density at radius 1 is 1.41 bits per heavy atom. The Morgan fingerprint density at radius 3 is 2.76 bits per heavy atom. The molecule has 1 fully saturated rings. The van der Waals surface area contributed by atoms with E-state index in [1.807, 2.05) is 19.1 Å². The summed E-state index contributed by atoms with van der Waals surface area (Å²) in [6, 6.07) is 3.75. The fourth-order valence-corrected chi connectivity index (χ4v) is 2.37. The molecule has 0 spiro atoms. The van der Waals surface area contributed by atoms with Crippen LogP contribution < -0.4 is 4.90 Å². The second-order valence-electron chi connectivity index (χ2n) is 4.83. The molecule has 0 aromatic carbocycles. The van der Waals surface area contributed by atoms with E-state index in [0.717, 1.165) is 30.9 Å². The lowest BCUT2D eigenvalue weighted by Crippen LogP contribution is -2.25. The lowest BCUT2D eigenvalue weighted by molar-refractivity contribution is 0.136. The number of aliphatic hydroxyl groups excluding tert-OH is 2. The van der Waals surface area contributed by atoms with Crippen molar-refractivity contribution < 1.29 is 10.2 Å². The molecule has 0 radical (unpaired) electrons. The van der Waals surface area contributed by atoms with E-state index in [4.69, 9.17) is 0 Å². The fourth-order valence-electron chi connectivity index (χ4n) is 2.37. The van der Waals surface area contributed by atoms with Crippen molar-refractivity contribution in [1.29, 1.82) is 0 Å². The average Bonchev–Trinajstić information content (AvgIpc) is 2.78. The predicted molar refractivity (Wildman–Crippen MR) is 66.9 cm³/mol. The molecule has 0 bridgehead atoms. The Labute approximate surface area is 102 Å². The minimum atomic E-state index is -0.510. The van der Waals surface area contributed by atoms with Crippen LogP contribution >= 0.6 is 0 Å². The molecule has 1 saturated heterocycles. The maximum Gasteiger partial charge on any atom is 0.134 e. The topological polar surface area (TPSA) is 56.6 Å². The monoisotopic (exact) mass is 236 g/mol. The molecule has 94 valence electrons. The molecule has 17 heavy (non-hydrogen) atoms. The first-order valence-corrected chi connectivity index (χ1v) is 6.15. The van der Waals surface area contributed by atoms with Gasteiger partial charge in [0.15, 0.2) is 0 Å². The molecule has 1 aliphatic heterocycles. The van der Waals surface area contributed by atoms with Crippen molar-refractivity contribution in [3.05, 3.63) is 23.9 Å². The zero-order valence-corrected chi connectivity index (χ0v) is 10.4. The van der Waals surface area contributed by atoms with Gasteiger partial charge in [0.05, 0.1) is 12.2 Å². The molecule has 1 aliphatic rings. The lowest BCUT2D eigenvalue weighted by Gasteiger charge is -2.22. The van der Waals surface area contributed by atoms with Crippen LogP contribution in [0.25, 0.3) is 0 Å². The molecule has 4 nitrogen and oxygen atoms in total. The molecule has 0 saturated carbocycles. The molecule has 2 rings (SSSR count). The van der Waals surface area contributed by atoms with E-state index in [9.17, 15) is 10.2 Å². The van der Waals surface area contributed by atoms with Crippen molar-refractivity contribution in [2.45, 2.75) is 32.5 Å². The van der Waals surface area contributed by atoms with Gasteiger partial charge in [0.2, 0.25) is 0 Å². The summed E-state index contributed by atoms with van der Waals surface area (Å²) in [6.07, 6.45) is 1.94. The largest absolute Gasteiger partial charge is 0.393 e. The summed E-state index contributed by atoms with van der Waals surface area (Å²) in [5.41, 5.74) is 0.860. The molecule has 4 heteroatoms. The van der Waals surface area contributed by atoms with Gasteiger partial charge in [-0.3, -0.25) is 0 Å². The molecule has 1 aromatic rings. The summed E-state index contributed by atoms with van der Waals surface area (Å²) in [4.78, 5) is 6.51. The normalized spacial score (nSPS) is 23.8. The van der Waals surface area contributed by atoms with Crippen LogP contribution in [0, 0.1) is 5.92 Å². The van der Waals surface area contributed by atoms with Crippen LogP contribution in [0.2, 0.25) is 0 Å². The highest BCUT2D eigenvalue weighted by atomic mass is 16.3. The number of hydrogen-bond acceptors (Lipinski definition) is 4. The molecule has 0 aliphatic carbocycles. The first-order chi connectivity index (χ1) is 8.09. The zero-order valence-electron chi connectivity index (χ0n) is 10.4. The molecule has 1 aromatic heterocycles. The minimum Gasteiger partial charge on any atom is -0.393 e. The van der Waals surface area contributed by atoms with E-state index in [1.54, 1.807) is 13.1 Å². The molecular weight excluding hydrogens is 216 g/mol. The van der Waals surface area contributed by atoms with Crippen LogP contribution in [-0.4, -0.2) is 34.4 Å². The highest BCUT2D eigenvalue weighted by molar-refractivity contribution is 5.48. The smallest absolute Gasteiger partial charge is 0.134 e. The van der Waals surface area contributed by atoms with E-state index < -0.39 is 6.10 Å².